The maximum atomic E-state index is 12.7. The lowest BCUT2D eigenvalue weighted by Gasteiger charge is -2.37. The molecule has 0 spiro atoms. The van der Waals surface area contributed by atoms with Gasteiger partial charge in [-0.25, -0.2) is 12.7 Å². The first-order valence-electron chi connectivity index (χ1n) is 8.59. The Bertz CT molecular complexity index is 534. The zero-order valence-electron chi connectivity index (χ0n) is 13.6. The van der Waals surface area contributed by atoms with E-state index in [0.29, 0.717) is 19.0 Å². The van der Waals surface area contributed by atoms with Gasteiger partial charge in [0.1, 0.15) is 0 Å². The van der Waals surface area contributed by atoms with Crippen molar-refractivity contribution in [3.63, 3.8) is 0 Å². The Morgan fingerprint density at radius 3 is 2.87 bits per heavy atom. The normalized spacial score (nSPS) is 32.4. The summed E-state index contributed by atoms with van der Waals surface area (Å²) >= 11 is 1.79. The van der Waals surface area contributed by atoms with Gasteiger partial charge in [0, 0.05) is 37.7 Å². The van der Waals surface area contributed by atoms with Gasteiger partial charge in [0.05, 0.1) is 11.2 Å². The molecule has 3 rings (SSSR count). The van der Waals surface area contributed by atoms with E-state index in [4.69, 9.17) is 0 Å². The summed E-state index contributed by atoms with van der Waals surface area (Å²) in [6.07, 6.45) is 4.31. The van der Waals surface area contributed by atoms with Crippen LogP contribution in [0.3, 0.4) is 0 Å². The molecule has 2 atom stereocenters. The van der Waals surface area contributed by atoms with E-state index in [1.807, 2.05) is 0 Å². The number of fused-ring (bicyclic) bond motifs is 1. The number of carbonyl (C=O) groups excluding carboxylic acids is 1. The van der Waals surface area contributed by atoms with Crippen LogP contribution in [0.5, 0.6) is 0 Å². The van der Waals surface area contributed by atoms with Crippen LogP contribution in [-0.2, 0) is 14.8 Å². The number of nitrogens with one attached hydrogen (secondary N) is 2. The molecule has 2 heterocycles. The number of hydrogen-bond acceptors (Lipinski definition) is 5. The van der Waals surface area contributed by atoms with E-state index in [0.717, 1.165) is 43.9 Å². The van der Waals surface area contributed by atoms with Crippen molar-refractivity contribution in [2.75, 3.05) is 50.0 Å². The van der Waals surface area contributed by atoms with Crippen molar-refractivity contribution in [1.82, 2.24) is 14.9 Å². The van der Waals surface area contributed by atoms with E-state index in [-0.39, 0.29) is 23.6 Å². The Labute approximate surface area is 143 Å². The number of amides is 1. The molecular formula is C15H27N3O3S2. The summed E-state index contributed by atoms with van der Waals surface area (Å²) in [4.78, 5) is 12.7. The average molecular weight is 362 g/mol. The standard InChI is InChI=1S/C15H27N3O3S2/c19-14(15-4-2-1-3-13(15)11-16-12-15)17-5-10-23(20,21)18-6-8-22-9-7-18/h13,16H,1-12H2,(H,17,19)/t13-,15+/m0/s1. The summed E-state index contributed by atoms with van der Waals surface area (Å²) in [7, 11) is -3.24. The molecular weight excluding hydrogens is 334 g/mol. The maximum Gasteiger partial charge on any atom is 0.227 e. The Balaban J connectivity index is 1.52. The lowest BCUT2D eigenvalue weighted by atomic mass is 9.67. The molecule has 3 aliphatic rings. The summed E-state index contributed by atoms with van der Waals surface area (Å²) in [5.74, 6) is 2.20. The minimum Gasteiger partial charge on any atom is -0.354 e. The molecule has 0 radical (unpaired) electrons. The molecule has 2 aliphatic heterocycles. The van der Waals surface area contributed by atoms with Crippen molar-refractivity contribution in [2.24, 2.45) is 11.3 Å². The highest BCUT2D eigenvalue weighted by atomic mass is 32.2. The smallest absolute Gasteiger partial charge is 0.227 e. The largest absolute Gasteiger partial charge is 0.354 e. The Morgan fingerprint density at radius 1 is 1.30 bits per heavy atom. The SMILES string of the molecule is O=C(NCCS(=O)(=O)N1CCSCC1)[C@@]12CCCC[C@H]1CNC2. The Kier molecular flexibility index (Phi) is 5.55. The van der Waals surface area contributed by atoms with Gasteiger partial charge in [-0.2, -0.15) is 11.8 Å². The minimum atomic E-state index is -3.24. The molecule has 0 bridgehead atoms. The van der Waals surface area contributed by atoms with Gasteiger partial charge in [0.2, 0.25) is 15.9 Å². The van der Waals surface area contributed by atoms with Crippen molar-refractivity contribution in [2.45, 2.75) is 25.7 Å². The number of sulfonamides is 1. The second-order valence-corrected chi connectivity index (χ2v) is 10.1. The van der Waals surface area contributed by atoms with Crippen LogP contribution in [0, 0.1) is 11.3 Å². The molecule has 132 valence electrons. The van der Waals surface area contributed by atoms with Crippen LogP contribution in [0.25, 0.3) is 0 Å². The van der Waals surface area contributed by atoms with Gasteiger partial charge in [-0.3, -0.25) is 4.79 Å². The van der Waals surface area contributed by atoms with Gasteiger partial charge in [0.25, 0.3) is 0 Å². The van der Waals surface area contributed by atoms with Crippen LogP contribution >= 0.6 is 11.8 Å². The van der Waals surface area contributed by atoms with Gasteiger partial charge in [-0.1, -0.05) is 12.8 Å². The molecule has 2 N–H and O–H groups in total. The van der Waals surface area contributed by atoms with Crippen LogP contribution in [0.2, 0.25) is 0 Å². The topological polar surface area (TPSA) is 78.5 Å². The highest BCUT2D eigenvalue weighted by Crippen LogP contribution is 2.43. The number of thioether (sulfide) groups is 1. The van der Waals surface area contributed by atoms with Crippen LogP contribution in [0.1, 0.15) is 25.7 Å². The highest BCUT2D eigenvalue weighted by Gasteiger charge is 2.49. The van der Waals surface area contributed by atoms with Crippen LogP contribution in [0.4, 0.5) is 0 Å². The van der Waals surface area contributed by atoms with Gasteiger partial charge >= 0.3 is 0 Å². The molecule has 1 aliphatic carbocycles. The lowest BCUT2D eigenvalue weighted by molar-refractivity contribution is -0.133. The highest BCUT2D eigenvalue weighted by molar-refractivity contribution is 7.99. The number of rotatable bonds is 5. The predicted octanol–water partition coefficient (Wildman–Crippen LogP) is 0.261. The van der Waals surface area contributed by atoms with E-state index in [1.165, 1.54) is 6.42 Å². The molecule has 23 heavy (non-hydrogen) atoms. The fraction of sp³-hybridized carbons (Fsp3) is 0.933. The van der Waals surface area contributed by atoms with Gasteiger partial charge in [0.15, 0.2) is 0 Å². The molecule has 2 saturated heterocycles. The van der Waals surface area contributed by atoms with Crippen LogP contribution in [-0.4, -0.2) is 68.6 Å². The first-order chi connectivity index (χ1) is 11.0. The van der Waals surface area contributed by atoms with Gasteiger partial charge in [-0.15, -0.1) is 0 Å². The zero-order valence-corrected chi connectivity index (χ0v) is 15.2. The van der Waals surface area contributed by atoms with Crippen molar-refractivity contribution in [3.8, 4) is 0 Å². The van der Waals surface area contributed by atoms with Crippen molar-refractivity contribution < 1.29 is 13.2 Å². The third-order valence-electron chi connectivity index (χ3n) is 5.50. The number of nitrogens with zero attached hydrogens (tertiary/aromatic N) is 1. The molecule has 6 nitrogen and oxygen atoms in total. The second-order valence-electron chi connectivity index (χ2n) is 6.81. The summed E-state index contributed by atoms with van der Waals surface area (Å²) in [6.45, 7) is 3.06. The predicted molar refractivity (Wildman–Crippen MR) is 93.0 cm³/mol. The summed E-state index contributed by atoms with van der Waals surface area (Å²) in [5.41, 5.74) is -0.302. The third-order valence-corrected chi connectivity index (χ3v) is 8.31. The van der Waals surface area contributed by atoms with Crippen molar-refractivity contribution >= 4 is 27.7 Å². The molecule has 0 unspecified atom stereocenters. The summed E-state index contributed by atoms with van der Waals surface area (Å²) in [5, 5.41) is 6.27. The van der Waals surface area contributed by atoms with Crippen molar-refractivity contribution in [3.05, 3.63) is 0 Å². The minimum absolute atomic E-state index is 0.0115. The molecule has 0 aromatic heterocycles. The molecule has 0 aromatic carbocycles. The number of carbonyl (C=O) groups is 1. The van der Waals surface area contributed by atoms with E-state index >= 15 is 0 Å². The van der Waals surface area contributed by atoms with Crippen LogP contribution in [0.15, 0.2) is 0 Å². The monoisotopic (exact) mass is 361 g/mol. The second kappa shape index (κ2) is 7.29. The fourth-order valence-electron chi connectivity index (χ4n) is 4.11. The van der Waals surface area contributed by atoms with E-state index in [9.17, 15) is 13.2 Å². The van der Waals surface area contributed by atoms with Gasteiger partial charge in [-0.05, 0) is 25.3 Å². The van der Waals surface area contributed by atoms with Crippen molar-refractivity contribution in [1.29, 1.82) is 0 Å². The lowest BCUT2D eigenvalue weighted by Crippen LogP contribution is -2.49. The first-order valence-corrected chi connectivity index (χ1v) is 11.4. The molecule has 8 heteroatoms. The van der Waals surface area contributed by atoms with E-state index in [1.54, 1.807) is 16.1 Å². The third kappa shape index (κ3) is 3.70. The molecule has 3 fully saturated rings. The fourth-order valence-corrected chi connectivity index (χ4v) is 6.61. The number of hydrogen-bond donors (Lipinski definition) is 2. The maximum absolute atomic E-state index is 12.7. The summed E-state index contributed by atoms with van der Waals surface area (Å²) in [6, 6.07) is 0. The molecule has 1 saturated carbocycles. The average Bonchev–Trinajstić information content (AvgIpc) is 3.00. The Morgan fingerprint density at radius 2 is 2.09 bits per heavy atom. The first kappa shape index (κ1) is 17.5. The molecule has 1 amide bonds. The van der Waals surface area contributed by atoms with Gasteiger partial charge < -0.3 is 10.6 Å². The van der Waals surface area contributed by atoms with Crippen LogP contribution < -0.4 is 10.6 Å². The Hall–Kier alpha value is -0.310. The zero-order chi connectivity index (χ0) is 16.3. The quantitative estimate of drug-likeness (QED) is 0.734. The molecule has 0 aromatic rings. The van der Waals surface area contributed by atoms with E-state index < -0.39 is 10.0 Å². The van der Waals surface area contributed by atoms with E-state index in [2.05, 4.69) is 10.6 Å². The summed E-state index contributed by atoms with van der Waals surface area (Å²) < 4.78 is 26.2.